The zero-order chi connectivity index (χ0) is 19.9. The second kappa shape index (κ2) is 9.68. The molecule has 3 N–H and O–H groups in total. The lowest BCUT2D eigenvalue weighted by Crippen LogP contribution is -2.41. The molecule has 0 spiro atoms. The molecule has 1 aliphatic rings. The van der Waals surface area contributed by atoms with Crippen molar-refractivity contribution in [1.29, 1.82) is 0 Å². The number of halogens is 2. The van der Waals surface area contributed by atoms with Crippen LogP contribution in [0.15, 0.2) is 30.7 Å². The number of benzene rings is 1. The average Bonchev–Trinajstić information content (AvgIpc) is 3.14. The molecule has 2 aromatic rings. The van der Waals surface area contributed by atoms with Gasteiger partial charge in [0.25, 0.3) is 0 Å². The zero-order valence-corrected chi connectivity index (χ0v) is 16.3. The van der Waals surface area contributed by atoms with Gasteiger partial charge in [0.1, 0.15) is 5.82 Å². The van der Waals surface area contributed by atoms with E-state index in [1.807, 2.05) is 0 Å². The van der Waals surface area contributed by atoms with Gasteiger partial charge in [-0.1, -0.05) is 11.6 Å². The van der Waals surface area contributed by atoms with E-state index in [0.29, 0.717) is 12.1 Å². The average molecular weight is 407 g/mol. The second-order valence-electron chi connectivity index (χ2n) is 7.19. The molecule has 6 nitrogen and oxygen atoms in total. The lowest BCUT2D eigenvalue weighted by atomic mass is 9.85. The number of carbonyl (C=O) groups excluding carboxylic acids is 2. The molecule has 0 aliphatic heterocycles. The molecule has 28 heavy (non-hydrogen) atoms. The molecule has 1 fully saturated rings. The van der Waals surface area contributed by atoms with Gasteiger partial charge in [0.15, 0.2) is 0 Å². The second-order valence-corrected chi connectivity index (χ2v) is 7.62. The van der Waals surface area contributed by atoms with Crippen LogP contribution in [0, 0.1) is 11.7 Å². The first-order valence-corrected chi connectivity index (χ1v) is 9.86. The number of hydrogen-bond acceptors (Lipinski definition) is 3. The normalized spacial score (nSPS) is 19.2. The van der Waals surface area contributed by atoms with Crippen molar-refractivity contribution in [3.63, 3.8) is 0 Å². The van der Waals surface area contributed by atoms with Gasteiger partial charge in [-0.05, 0) is 49.4 Å². The summed E-state index contributed by atoms with van der Waals surface area (Å²) in [6.07, 6.45) is 7.18. The van der Waals surface area contributed by atoms with Crippen LogP contribution in [0.1, 0.15) is 36.9 Å². The monoisotopic (exact) mass is 406 g/mol. The van der Waals surface area contributed by atoms with E-state index in [-0.39, 0.29) is 35.2 Å². The summed E-state index contributed by atoms with van der Waals surface area (Å²) in [5, 5.41) is 6.23. The molecule has 2 amide bonds. The Morgan fingerprint density at radius 1 is 1.21 bits per heavy atom. The van der Waals surface area contributed by atoms with Gasteiger partial charge in [-0.3, -0.25) is 9.59 Å². The minimum atomic E-state index is -0.450. The van der Waals surface area contributed by atoms with Gasteiger partial charge < -0.3 is 15.6 Å². The van der Waals surface area contributed by atoms with E-state index in [1.165, 1.54) is 12.1 Å². The lowest BCUT2D eigenvalue weighted by Gasteiger charge is -2.28. The molecule has 0 saturated heterocycles. The molecular weight excluding hydrogens is 383 g/mol. The Balaban J connectivity index is 1.37. The minimum absolute atomic E-state index is 0.0167. The van der Waals surface area contributed by atoms with Crippen molar-refractivity contribution in [3.05, 3.63) is 52.8 Å². The lowest BCUT2D eigenvalue weighted by molar-refractivity contribution is -0.126. The summed E-state index contributed by atoms with van der Waals surface area (Å²) in [6.45, 7) is 0.577. The minimum Gasteiger partial charge on any atom is -0.355 e. The largest absolute Gasteiger partial charge is 0.355 e. The van der Waals surface area contributed by atoms with E-state index >= 15 is 0 Å². The first-order valence-electron chi connectivity index (χ1n) is 9.49. The topological polar surface area (TPSA) is 86.9 Å². The highest BCUT2D eigenvalue weighted by Crippen LogP contribution is 2.24. The van der Waals surface area contributed by atoms with Crippen LogP contribution in [-0.4, -0.2) is 34.4 Å². The first kappa shape index (κ1) is 20.3. The molecular formula is C20H24ClFN4O2. The highest BCUT2D eigenvalue weighted by molar-refractivity contribution is 6.30. The number of aromatic nitrogens is 2. The number of amides is 2. The van der Waals surface area contributed by atoms with Crippen LogP contribution >= 0.6 is 11.6 Å². The van der Waals surface area contributed by atoms with Crippen molar-refractivity contribution in [1.82, 2.24) is 20.6 Å². The Bertz CT molecular complexity index is 784. The Labute approximate surface area is 168 Å². The van der Waals surface area contributed by atoms with E-state index < -0.39 is 5.82 Å². The molecule has 1 saturated carbocycles. The third kappa shape index (κ3) is 6.05. The SMILES string of the molecule is O=C(Cc1cc(F)cc(Cl)c1)NC1CCC(C(=O)NCCc2cnc[nH]2)CC1. The highest BCUT2D eigenvalue weighted by Gasteiger charge is 2.26. The predicted octanol–water partition coefficient (Wildman–Crippen LogP) is 2.78. The van der Waals surface area contributed by atoms with E-state index in [0.717, 1.165) is 37.8 Å². The van der Waals surface area contributed by atoms with Crippen LogP contribution in [-0.2, 0) is 22.4 Å². The van der Waals surface area contributed by atoms with Crippen LogP contribution in [0.3, 0.4) is 0 Å². The Morgan fingerprint density at radius 3 is 2.68 bits per heavy atom. The van der Waals surface area contributed by atoms with E-state index in [4.69, 9.17) is 11.6 Å². The first-order chi connectivity index (χ1) is 13.5. The summed E-state index contributed by atoms with van der Waals surface area (Å²) in [6, 6.07) is 4.17. The molecule has 3 rings (SSSR count). The fourth-order valence-corrected chi connectivity index (χ4v) is 3.81. The molecule has 0 unspecified atom stereocenters. The Hall–Kier alpha value is -2.41. The van der Waals surface area contributed by atoms with Crippen molar-refractivity contribution in [2.24, 2.45) is 5.92 Å². The number of H-pyrrole nitrogens is 1. The molecule has 150 valence electrons. The van der Waals surface area contributed by atoms with Crippen molar-refractivity contribution in [2.75, 3.05) is 6.54 Å². The summed E-state index contributed by atoms with van der Waals surface area (Å²) in [5.74, 6) is -0.556. The number of nitrogens with zero attached hydrogens (tertiary/aromatic N) is 1. The van der Waals surface area contributed by atoms with Crippen molar-refractivity contribution < 1.29 is 14.0 Å². The Morgan fingerprint density at radius 2 is 2.00 bits per heavy atom. The number of nitrogens with one attached hydrogen (secondary N) is 3. The van der Waals surface area contributed by atoms with Crippen LogP contribution < -0.4 is 10.6 Å². The fourth-order valence-electron chi connectivity index (χ4n) is 3.56. The van der Waals surface area contributed by atoms with Crippen LogP contribution in [0.2, 0.25) is 5.02 Å². The number of aromatic amines is 1. The predicted molar refractivity (Wildman–Crippen MR) is 104 cm³/mol. The van der Waals surface area contributed by atoms with E-state index in [2.05, 4.69) is 20.6 Å². The molecule has 0 radical (unpaired) electrons. The molecule has 8 heteroatoms. The molecule has 0 atom stereocenters. The number of imidazole rings is 1. The van der Waals surface area contributed by atoms with Gasteiger partial charge >= 0.3 is 0 Å². The van der Waals surface area contributed by atoms with Crippen molar-refractivity contribution >= 4 is 23.4 Å². The maximum absolute atomic E-state index is 13.4. The van der Waals surface area contributed by atoms with Gasteiger partial charge in [0.2, 0.25) is 11.8 Å². The van der Waals surface area contributed by atoms with Gasteiger partial charge in [-0.2, -0.15) is 0 Å². The quantitative estimate of drug-likeness (QED) is 0.660. The van der Waals surface area contributed by atoms with E-state index in [9.17, 15) is 14.0 Å². The van der Waals surface area contributed by atoms with Crippen molar-refractivity contribution in [2.45, 2.75) is 44.6 Å². The molecule has 1 aromatic carbocycles. The highest BCUT2D eigenvalue weighted by atomic mass is 35.5. The van der Waals surface area contributed by atoms with Crippen molar-refractivity contribution in [3.8, 4) is 0 Å². The van der Waals surface area contributed by atoms with Gasteiger partial charge in [0.05, 0.1) is 12.7 Å². The third-order valence-electron chi connectivity index (χ3n) is 5.00. The smallest absolute Gasteiger partial charge is 0.224 e. The van der Waals surface area contributed by atoms with E-state index in [1.54, 1.807) is 18.6 Å². The number of hydrogen-bond donors (Lipinski definition) is 3. The molecule has 1 aromatic heterocycles. The molecule has 1 heterocycles. The number of rotatable bonds is 7. The van der Waals surface area contributed by atoms with Gasteiger partial charge in [-0.15, -0.1) is 0 Å². The zero-order valence-electron chi connectivity index (χ0n) is 15.5. The summed E-state index contributed by atoms with van der Waals surface area (Å²) in [4.78, 5) is 31.5. The molecule has 1 aliphatic carbocycles. The third-order valence-corrected chi connectivity index (χ3v) is 5.22. The summed E-state index contributed by atoms with van der Waals surface area (Å²) in [5.41, 5.74) is 1.54. The summed E-state index contributed by atoms with van der Waals surface area (Å²) >= 11 is 5.82. The summed E-state index contributed by atoms with van der Waals surface area (Å²) < 4.78 is 13.4. The maximum Gasteiger partial charge on any atom is 0.224 e. The van der Waals surface area contributed by atoms with Gasteiger partial charge in [-0.25, -0.2) is 9.37 Å². The standard InChI is InChI=1S/C20H24ClFN4O2/c21-15-7-13(8-16(22)10-15)9-19(27)26-17-3-1-14(2-4-17)20(28)24-6-5-18-11-23-12-25-18/h7-8,10-12,14,17H,1-6,9H2,(H,23,25)(H,24,28)(H,26,27). The van der Waals surface area contributed by atoms with Gasteiger partial charge in [0, 0.05) is 41.8 Å². The maximum atomic E-state index is 13.4. The van der Waals surface area contributed by atoms with Crippen LogP contribution in [0.25, 0.3) is 0 Å². The fraction of sp³-hybridized carbons (Fsp3) is 0.450. The molecule has 0 bridgehead atoms. The van der Waals surface area contributed by atoms with Crippen LogP contribution in [0.5, 0.6) is 0 Å². The number of carbonyl (C=O) groups is 2. The Kier molecular flexibility index (Phi) is 7.03. The summed E-state index contributed by atoms with van der Waals surface area (Å²) in [7, 11) is 0. The van der Waals surface area contributed by atoms with Crippen LogP contribution in [0.4, 0.5) is 4.39 Å².